The minimum Gasteiger partial charge on any atom is -0.304 e. The topological polar surface area (TPSA) is 39.1 Å². The van der Waals surface area contributed by atoms with Gasteiger partial charge in [-0.2, -0.15) is 5.26 Å². The lowest BCUT2D eigenvalue weighted by Crippen LogP contribution is -2.42. The highest BCUT2D eigenvalue weighted by atomic mass is 15.1. The molecule has 1 aliphatic carbocycles. The Morgan fingerprint density at radius 3 is 2.61 bits per heavy atom. The Hall–Kier alpha value is -0.590. The molecule has 1 saturated carbocycles. The fourth-order valence-corrected chi connectivity index (χ4v) is 2.21. The SMILES string of the molecule is CCC(C)N(C)CCCCC(C)(C#N)NC1CC1. The smallest absolute Gasteiger partial charge is 0.104 e. The van der Waals surface area contributed by atoms with Gasteiger partial charge < -0.3 is 4.90 Å². The molecule has 0 heterocycles. The van der Waals surface area contributed by atoms with E-state index in [-0.39, 0.29) is 5.54 Å². The molecule has 0 radical (unpaired) electrons. The average molecular weight is 251 g/mol. The first kappa shape index (κ1) is 15.5. The van der Waals surface area contributed by atoms with E-state index >= 15 is 0 Å². The van der Waals surface area contributed by atoms with Crippen LogP contribution in [0, 0.1) is 11.3 Å². The molecule has 104 valence electrons. The van der Waals surface area contributed by atoms with E-state index in [9.17, 15) is 5.26 Å². The molecule has 0 aliphatic heterocycles. The third kappa shape index (κ3) is 5.37. The molecule has 2 unspecified atom stereocenters. The number of nitrogens with zero attached hydrogens (tertiary/aromatic N) is 2. The standard InChI is InChI=1S/C15H29N3/c1-5-13(2)18(4)11-7-6-10-15(3,12-16)17-14-8-9-14/h13-14,17H,5-11H2,1-4H3. The third-order valence-corrected chi connectivity index (χ3v) is 4.13. The van der Waals surface area contributed by atoms with Crippen LogP contribution in [0.5, 0.6) is 0 Å². The van der Waals surface area contributed by atoms with E-state index in [4.69, 9.17) is 0 Å². The summed E-state index contributed by atoms with van der Waals surface area (Å²) in [6.45, 7) is 7.69. The summed E-state index contributed by atoms with van der Waals surface area (Å²) in [5.41, 5.74) is -0.309. The van der Waals surface area contributed by atoms with Crippen molar-refractivity contribution in [3.8, 4) is 6.07 Å². The molecular weight excluding hydrogens is 222 g/mol. The van der Waals surface area contributed by atoms with Crippen molar-refractivity contribution in [3.05, 3.63) is 0 Å². The van der Waals surface area contributed by atoms with Crippen LogP contribution in [0.1, 0.15) is 59.3 Å². The van der Waals surface area contributed by atoms with Crippen molar-refractivity contribution < 1.29 is 0 Å². The summed E-state index contributed by atoms with van der Waals surface area (Å²) in [5.74, 6) is 0. The van der Waals surface area contributed by atoms with E-state index < -0.39 is 0 Å². The summed E-state index contributed by atoms with van der Waals surface area (Å²) in [6, 6.07) is 3.72. The molecule has 0 spiro atoms. The van der Waals surface area contributed by atoms with E-state index in [1.165, 1.54) is 25.7 Å². The second kappa shape index (κ2) is 7.11. The van der Waals surface area contributed by atoms with E-state index in [2.05, 4.69) is 37.2 Å². The van der Waals surface area contributed by atoms with Gasteiger partial charge in [0.25, 0.3) is 0 Å². The van der Waals surface area contributed by atoms with Crippen molar-refractivity contribution in [3.63, 3.8) is 0 Å². The molecule has 1 fully saturated rings. The summed E-state index contributed by atoms with van der Waals surface area (Å²) in [6.07, 6.45) is 6.97. The van der Waals surface area contributed by atoms with Crippen LogP contribution >= 0.6 is 0 Å². The highest BCUT2D eigenvalue weighted by Gasteiger charge is 2.31. The fourth-order valence-electron chi connectivity index (χ4n) is 2.21. The van der Waals surface area contributed by atoms with Crippen LogP contribution < -0.4 is 5.32 Å². The van der Waals surface area contributed by atoms with E-state index in [1.54, 1.807) is 0 Å². The van der Waals surface area contributed by atoms with Crippen molar-refractivity contribution in [1.82, 2.24) is 10.2 Å². The molecule has 0 bridgehead atoms. The first-order valence-electron chi connectivity index (χ1n) is 7.40. The maximum Gasteiger partial charge on any atom is 0.104 e. The van der Waals surface area contributed by atoms with Crippen LogP contribution in [-0.4, -0.2) is 36.1 Å². The Morgan fingerprint density at radius 2 is 2.11 bits per heavy atom. The van der Waals surface area contributed by atoms with Gasteiger partial charge in [0.15, 0.2) is 0 Å². The summed E-state index contributed by atoms with van der Waals surface area (Å²) < 4.78 is 0. The third-order valence-electron chi connectivity index (χ3n) is 4.13. The van der Waals surface area contributed by atoms with Crippen LogP contribution in [0.4, 0.5) is 0 Å². The predicted molar refractivity (Wildman–Crippen MR) is 76.4 cm³/mol. The second-order valence-corrected chi connectivity index (χ2v) is 6.06. The number of hydrogen-bond donors (Lipinski definition) is 1. The first-order chi connectivity index (χ1) is 8.50. The molecule has 0 aromatic carbocycles. The minimum atomic E-state index is -0.309. The van der Waals surface area contributed by atoms with E-state index in [0.29, 0.717) is 12.1 Å². The molecule has 1 aliphatic rings. The van der Waals surface area contributed by atoms with Gasteiger partial charge >= 0.3 is 0 Å². The van der Waals surface area contributed by atoms with Crippen LogP contribution in [0.25, 0.3) is 0 Å². The van der Waals surface area contributed by atoms with Crippen molar-refractivity contribution in [1.29, 1.82) is 5.26 Å². The zero-order chi connectivity index (χ0) is 13.6. The van der Waals surface area contributed by atoms with Crippen LogP contribution in [0.15, 0.2) is 0 Å². The Balaban J connectivity index is 2.17. The van der Waals surface area contributed by atoms with Gasteiger partial charge in [-0.25, -0.2) is 0 Å². The monoisotopic (exact) mass is 251 g/mol. The molecule has 0 aromatic rings. The second-order valence-electron chi connectivity index (χ2n) is 6.06. The summed E-state index contributed by atoms with van der Waals surface area (Å²) in [4.78, 5) is 2.41. The Kier molecular flexibility index (Phi) is 6.11. The van der Waals surface area contributed by atoms with E-state index in [0.717, 1.165) is 19.4 Å². The molecule has 2 atom stereocenters. The lowest BCUT2D eigenvalue weighted by Gasteiger charge is -2.25. The quantitative estimate of drug-likeness (QED) is 0.640. The normalized spacial score (nSPS) is 20.4. The molecular formula is C15H29N3. The molecule has 0 amide bonds. The van der Waals surface area contributed by atoms with Crippen LogP contribution in [-0.2, 0) is 0 Å². The number of hydrogen-bond acceptors (Lipinski definition) is 3. The van der Waals surface area contributed by atoms with Gasteiger partial charge in [0.05, 0.1) is 6.07 Å². The Labute approximate surface area is 113 Å². The molecule has 0 aromatic heterocycles. The largest absolute Gasteiger partial charge is 0.304 e. The Morgan fingerprint density at radius 1 is 1.44 bits per heavy atom. The summed E-state index contributed by atoms with van der Waals surface area (Å²) in [5, 5.41) is 12.7. The molecule has 0 saturated heterocycles. The lowest BCUT2D eigenvalue weighted by atomic mass is 9.96. The molecule has 18 heavy (non-hydrogen) atoms. The van der Waals surface area contributed by atoms with Crippen molar-refractivity contribution in [2.45, 2.75) is 76.9 Å². The first-order valence-corrected chi connectivity index (χ1v) is 7.40. The van der Waals surface area contributed by atoms with Crippen molar-refractivity contribution in [2.75, 3.05) is 13.6 Å². The molecule has 1 N–H and O–H groups in total. The molecule has 3 heteroatoms. The number of nitriles is 1. The highest BCUT2D eigenvalue weighted by molar-refractivity contribution is 5.06. The van der Waals surface area contributed by atoms with Gasteiger partial charge in [-0.3, -0.25) is 5.32 Å². The lowest BCUT2D eigenvalue weighted by molar-refractivity contribution is 0.243. The maximum atomic E-state index is 9.27. The van der Waals surface area contributed by atoms with Gasteiger partial charge in [-0.1, -0.05) is 6.92 Å². The number of nitrogens with one attached hydrogen (secondary N) is 1. The zero-order valence-corrected chi connectivity index (χ0v) is 12.5. The van der Waals surface area contributed by atoms with Gasteiger partial charge in [0.2, 0.25) is 0 Å². The van der Waals surface area contributed by atoms with Gasteiger partial charge in [0, 0.05) is 12.1 Å². The Bertz CT molecular complexity index is 280. The van der Waals surface area contributed by atoms with Gasteiger partial charge in [0.1, 0.15) is 5.54 Å². The summed E-state index contributed by atoms with van der Waals surface area (Å²) >= 11 is 0. The van der Waals surface area contributed by atoms with E-state index in [1.807, 2.05) is 6.92 Å². The average Bonchev–Trinajstić information content (AvgIpc) is 3.17. The van der Waals surface area contributed by atoms with Crippen molar-refractivity contribution in [2.24, 2.45) is 0 Å². The molecule has 1 rings (SSSR count). The summed E-state index contributed by atoms with van der Waals surface area (Å²) in [7, 11) is 2.19. The van der Waals surface area contributed by atoms with Crippen LogP contribution in [0.2, 0.25) is 0 Å². The number of unbranched alkanes of at least 4 members (excludes halogenated alkanes) is 1. The van der Waals surface area contributed by atoms with Crippen molar-refractivity contribution >= 4 is 0 Å². The van der Waals surface area contributed by atoms with Crippen LogP contribution in [0.3, 0.4) is 0 Å². The molecule has 3 nitrogen and oxygen atoms in total. The maximum absolute atomic E-state index is 9.27. The highest BCUT2D eigenvalue weighted by Crippen LogP contribution is 2.24. The predicted octanol–water partition coefficient (Wildman–Crippen LogP) is 2.92. The minimum absolute atomic E-state index is 0.309. The van der Waals surface area contributed by atoms with Gasteiger partial charge in [-0.15, -0.1) is 0 Å². The van der Waals surface area contributed by atoms with Gasteiger partial charge in [-0.05, 0) is 66.0 Å². The zero-order valence-electron chi connectivity index (χ0n) is 12.5. The number of rotatable bonds is 9. The fraction of sp³-hybridized carbons (Fsp3) is 0.933.